The van der Waals surface area contributed by atoms with Gasteiger partial charge in [0.1, 0.15) is 0 Å². The Morgan fingerprint density at radius 3 is 2.44 bits per heavy atom. The second kappa shape index (κ2) is 9.62. The maximum absolute atomic E-state index is 12.3. The van der Waals surface area contributed by atoms with E-state index < -0.39 is 0 Å². The van der Waals surface area contributed by atoms with Gasteiger partial charge in [-0.05, 0) is 37.5 Å². The van der Waals surface area contributed by atoms with E-state index in [0.29, 0.717) is 30.6 Å². The van der Waals surface area contributed by atoms with E-state index in [-0.39, 0.29) is 11.8 Å². The van der Waals surface area contributed by atoms with E-state index in [1.807, 2.05) is 37.3 Å². The van der Waals surface area contributed by atoms with Gasteiger partial charge in [0.15, 0.2) is 0 Å². The van der Waals surface area contributed by atoms with Crippen LogP contribution in [0.5, 0.6) is 0 Å². The molecule has 0 heterocycles. The Balaban J connectivity index is 1.93. The van der Waals surface area contributed by atoms with Crippen molar-refractivity contribution in [1.82, 2.24) is 5.32 Å². The summed E-state index contributed by atoms with van der Waals surface area (Å²) in [6.45, 7) is 4.76. The molecule has 0 saturated heterocycles. The molecule has 2 amide bonds. The Bertz CT molecular complexity index is 708. The molecule has 2 aromatic rings. The van der Waals surface area contributed by atoms with Crippen LogP contribution in [0.3, 0.4) is 0 Å². The minimum atomic E-state index is -0.150. The van der Waals surface area contributed by atoms with Crippen LogP contribution in [0, 0.1) is 6.92 Å². The van der Waals surface area contributed by atoms with Crippen LogP contribution in [0.4, 0.5) is 5.69 Å². The second-order valence-electron chi connectivity index (χ2n) is 6.19. The lowest BCUT2D eigenvalue weighted by Crippen LogP contribution is -2.26. The van der Waals surface area contributed by atoms with Gasteiger partial charge in [0.25, 0.3) is 5.91 Å². The molecule has 4 heteroatoms. The molecular weight excluding hydrogens is 312 g/mol. The van der Waals surface area contributed by atoms with Crippen LogP contribution in [0.2, 0.25) is 0 Å². The summed E-state index contributed by atoms with van der Waals surface area (Å²) in [5, 5.41) is 5.75. The largest absolute Gasteiger partial charge is 0.352 e. The lowest BCUT2D eigenvalue weighted by molar-refractivity contribution is -0.116. The molecule has 0 radical (unpaired) electrons. The third kappa shape index (κ3) is 6.07. The van der Waals surface area contributed by atoms with Gasteiger partial charge in [-0.1, -0.05) is 55.3 Å². The van der Waals surface area contributed by atoms with Gasteiger partial charge in [0.05, 0.1) is 11.3 Å². The van der Waals surface area contributed by atoms with E-state index in [4.69, 9.17) is 0 Å². The molecule has 132 valence electrons. The van der Waals surface area contributed by atoms with Crippen LogP contribution in [0.25, 0.3) is 0 Å². The Labute approximate surface area is 149 Å². The lowest BCUT2D eigenvalue weighted by Gasteiger charge is -2.11. The SMILES string of the molecule is CCCCNC(=O)c1ccccc1NC(=O)CCc1ccc(C)cc1. The van der Waals surface area contributed by atoms with Crippen molar-refractivity contribution in [3.8, 4) is 0 Å². The van der Waals surface area contributed by atoms with Crippen molar-refractivity contribution in [2.45, 2.75) is 39.5 Å². The lowest BCUT2D eigenvalue weighted by atomic mass is 10.1. The van der Waals surface area contributed by atoms with Gasteiger partial charge < -0.3 is 10.6 Å². The van der Waals surface area contributed by atoms with Crippen LogP contribution in [-0.4, -0.2) is 18.4 Å². The van der Waals surface area contributed by atoms with Gasteiger partial charge in [-0.15, -0.1) is 0 Å². The first-order chi connectivity index (χ1) is 12.1. The summed E-state index contributed by atoms with van der Waals surface area (Å²) in [6.07, 6.45) is 3.03. The predicted octanol–water partition coefficient (Wildman–Crippen LogP) is 4.10. The minimum absolute atomic E-state index is 0.0885. The summed E-state index contributed by atoms with van der Waals surface area (Å²) in [5.41, 5.74) is 3.40. The zero-order valence-corrected chi connectivity index (χ0v) is 15.0. The molecule has 25 heavy (non-hydrogen) atoms. The Hall–Kier alpha value is -2.62. The molecule has 0 aliphatic rings. The van der Waals surface area contributed by atoms with Crippen molar-refractivity contribution in [2.24, 2.45) is 0 Å². The first kappa shape index (κ1) is 18.7. The monoisotopic (exact) mass is 338 g/mol. The number of para-hydroxylation sites is 1. The summed E-state index contributed by atoms with van der Waals surface area (Å²) in [5.74, 6) is -0.239. The number of nitrogens with one attached hydrogen (secondary N) is 2. The third-order valence-electron chi connectivity index (χ3n) is 4.02. The van der Waals surface area contributed by atoms with Crippen molar-refractivity contribution >= 4 is 17.5 Å². The molecule has 0 bridgehead atoms. The minimum Gasteiger partial charge on any atom is -0.352 e. The first-order valence-corrected chi connectivity index (χ1v) is 8.82. The van der Waals surface area contributed by atoms with Crippen LogP contribution < -0.4 is 10.6 Å². The molecule has 2 N–H and O–H groups in total. The quantitative estimate of drug-likeness (QED) is 0.712. The normalized spacial score (nSPS) is 10.3. The third-order valence-corrected chi connectivity index (χ3v) is 4.02. The molecule has 0 atom stereocenters. The van der Waals surface area contributed by atoms with Gasteiger partial charge in [-0.25, -0.2) is 0 Å². The zero-order chi connectivity index (χ0) is 18.1. The van der Waals surface area contributed by atoms with Crippen LogP contribution >= 0.6 is 0 Å². The first-order valence-electron chi connectivity index (χ1n) is 8.82. The summed E-state index contributed by atoms with van der Waals surface area (Å²) < 4.78 is 0. The Morgan fingerprint density at radius 2 is 1.72 bits per heavy atom. The van der Waals surface area contributed by atoms with Crippen molar-refractivity contribution in [3.05, 3.63) is 65.2 Å². The fraction of sp³-hybridized carbons (Fsp3) is 0.333. The molecule has 2 rings (SSSR count). The molecule has 0 fully saturated rings. The molecule has 0 spiro atoms. The molecule has 0 aromatic heterocycles. The van der Waals surface area contributed by atoms with Crippen molar-refractivity contribution in [1.29, 1.82) is 0 Å². The van der Waals surface area contributed by atoms with Crippen LogP contribution in [0.15, 0.2) is 48.5 Å². The topological polar surface area (TPSA) is 58.2 Å². The highest BCUT2D eigenvalue weighted by Crippen LogP contribution is 2.16. The van der Waals surface area contributed by atoms with Crippen molar-refractivity contribution in [3.63, 3.8) is 0 Å². The summed E-state index contributed by atoms with van der Waals surface area (Å²) in [6, 6.07) is 15.3. The maximum Gasteiger partial charge on any atom is 0.253 e. The number of carbonyl (C=O) groups is 2. The van der Waals surface area contributed by atoms with E-state index in [2.05, 4.69) is 17.6 Å². The molecule has 0 saturated carbocycles. The zero-order valence-electron chi connectivity index (χ0n) is 15.0. The number of anilines is 1. The van der Waals surface area contributed by atoms with E-state index >= 15 is 0 Å². The van der Waals surface area contributed by atoms with Crippen LogP contribution in [-0.2, 0) is 11.2 Å². The maximum atomic E-state index is 12.3. The number of hydrogen-bond donors (Lipinski definition) is 2. The average Bonchev–Trinajstić information content (AvgIpc) is 2.62. The fourth-order valence-electron chi connectivity index (χ4n) is 2.49. The highest BCUT2D eigenvalue weighted by molar-refractivity contribution is 6.03. The highest BCUT2D eigenvalue weighted by atomic mass is 16.2. The van der Waals surface area contributed by atoms with Crippen molar-refractivity contribution in [2.75, 3.05) is 11.9 Å². The Kier molecular flexibility index (Phi) is 7.20. The molecule has 0 aliphatic carbocycles. The van der Waals surface area contributed by atoms with Gasteiger partial charge in [-0.3, -0.25) is 9.59 Å². The number of aryl methyl sites for hydroxylation is 2. The number of unbranched alkanes of at least 4 members (excludes halogenated alkanes) is 1. The molecule has 4 nitrogen and oxygen atoms in total. The number of benzene rings is 2. The van der Waals surface area contributed by atoms with Gasteiger partial charge in [-0.2, -0.15) is 0 Å². The van der Waals surface area contributed by atoms with E-state index in [9.17, 15) is 9.59 Å². The highest BCUT2D eigenvalue weighted by Gasteiger charge is 2.12. The van der Waals surface area contributed by atoms with E-state index in [0.717, 1.165) is 18.4 Å². The summed E-state index contributed by atoms with van der Waals surface area (Å²) in [7, 11) is 0. The smallest absolute Gasteiger partial charge is 0.253 e. The number of hydrogen-bond acceptors (Lipinski definition) is 2. The number of carbonyl (C=O) groups excluding carboxylic acids is 2. The number of amides is 2. The standard InChI is InChI=1S/C21H26N2O2/c1-3-4-15-22-21(25)18-7-5-6-8-19(18)23-20(24)14-13-17-11-9-16(2)10-12-17/h5-12H,3-4,13-15H2,1-2H3,(H,22,25)(H,23,24). The molecular formula is C21H26N2O2. The molecule has 2 aromatic carbocycles. The average molecular weight is 338 g/mol. The van der Waals surface area contributed by atoms with E-state index in [1.165, 1.54) is 5.56 Å². The summed E-state index contributed by atoms with van der Waals surface area (Å²) in [4.78, 5) is 24.5. The predicted molar refractivity (Wildman–Crippen MR) is 102 cm³/mol. The molecule has 0 unspecified atom stereocenters. The van der Waals surface area contributed by atoms with Gasteiger partial charge in [0.2, 0.25) is 5.91 Å². The van der Waals surface area contributed by atoms with Crippen LogP contribution in [0.1, 0.15) is 47.7 Å². The van der Waals surface area contributed by atoms with E-state index in [1.54, 1.807) is 18.2 Å². The molecule has 0 aliphatic heterocycles. The number of rotatable bonds is 8. The Morgan fingerprint density at radius 1 is 1.00 bits per heavy atom. The van der Waals surface area contributed by atoms with Crippen molar-refractivity contribution < 1.29 is 9.59 Å². The van der Waals surface area contributed by atoms with Gasteiger partial charge in [0, 0.05) is 13.0 Å². The second-order valence-corrected chi connectivity index (χ2v) is 6.19. The fourth-order valence-corrected chi connectivity index (χ4v) is 2.49. The summed E-state index contributed by atoms with van der Waals surface area (Å²) >= 11 is 0. The van der Waals surface area contributed by atoms with Gasteiger partial charge >= 0.3 is 0 Å².